The molecule has 4 heteroatoms. The quantitative estimate of drug-likeness (QED) is 0.713. The molecule has 0 aromatic heterocycles. The first-order valence-electron chi connectivity index (χ1n) is 3.91. The molecule has 0 saturated carbocycles. The molecule has 0 saturated heterocycles. The Morgan fingerprint density at radius 1 is 1.23 bits per heavy atom. The number of nitroso groups, excluding NO2 is 1. The molecule has 0 unspecified atom stereocenters. The number of rotatable bonds is 2. The lowest BCUT2D eigenvalue weighted by Crippen LogP contribution is -1.93. The third-order valence-corrected chi connectivity index (χ3v) is 1.22. The summed E-state index contributed by atoms with van der Waals surface area (Å²) >= 11 is 0. The topological polar surface area (TPSA) is 66.7 Å². The molecule has 1 aromatic rings. The number of aromatic carboxylic acids is 1. The van der Waals surface area contributed by atoms with Gasteiger partial charge in [0.1, 0.15) is 5.69 Å². The molecule has 0 aliphatic heterocycles. The van der Waals surface area contributed by atoms with Crippen LogP contribution in [0.2, 0.25) is 0 Å². The Hall–Kier alpha value is -1.71. The predicted octanol–water partition coefficient (Wildman–Crippen LogP) is 2.81. The Kier molecular flexibility index (Phi) is 5.11. The van der Waals surface area contributed by atoms with Gasteiger partial charge in [0.15, 0.2) is 0 Å². The highest BCUT2D eigenvalue weighted by Crippen LogP contribution is 2.11. The number of carbonyl (C=O) groups is 1. The van der Waals surface area contributed by atoms with E-state index in [1.54, 1.807) is 0 Å². The van der Waals surface area contributed by atoms with Gasteiger partial charge in [-0.25, -0.2) is 4.79 Å². The molecule has 0 radical (unpaired) electrons. The van der Waals surface area contributed by atoms with Crippen molar-refractivity contribution in [3.63, 3.8) is 0 Å². The maximum Gasteiger partial charge on any atom is 0.335 e. The van der Waals surface area contributed by atoms with E-state index in [9.17, 15) is 9.70 Å². The first-order chi connectivity index (χ1) is 6.24. The van der Waals surface area contributed by atoms with Crippen molar-refractivity contribution in [2.45, 2.75) is 13.8 Å². The van der Waals surface area contributed by atoms with Gasteiger partial charge in [-0.15, -0.1) is 4.91 Å². The molecule has 0 atom stereocenters. The second kappa shape index (κ2) is 5.88. The standard InChI is InChI=1S/C7H5NO3.C2H6/c9-7(10)5-1-3-6(8-11)4-2-5;1-2/h1-4H,(H,9,10);1-2H3. The van der Waals surface area contributed by atoms with Gasteiger partial charge in [-0.1, -0.05) is 13.8 Å². The van der Waals surface area contributed by atoms with E-state index in [-0.39, 0.29) is 11.3 Å². The molecular formula is C9H11NO3. The third-order valence-electron chi connectivity index (χ3n) is 1.22. The highest BCUT2D eigenvalue weighted by molar-refractivity contribution is 5.87. The number of hydrogen-bond donors (Lipinski definition) is 1. The van der Waals surface area contributed by atoms with Crippen molar-refractivity contribution in [3.8, 4) is 0 Å². The van der Waals surface area contributed by atoms with Gasteiger partial charge in [0.05, 0.1) is 5.56 Å². The Bertz CT molecular complexity index is 279. The van der Waals surface area contributed by atoms with Gasteiger partial charge < -0.3 is 5.11 Å². The van der Waals surface area contributed by atoms with Gasteiger partial charge in [0.2, 0.25) is 0 Å². The van der Waals surface area contributed by atoms with Crippen LogP contribution in [0, 0.1) is 4.91 Å². The van der Waals surface area contributed by atoms with Crippen LogP contribution in [0.4, 0.5) is 5.69 Å². The van der Waals surface area contributed by atoms with Gasteiger partial charge in [0, 0.05) is 0 Å². The van der Waals surface area contributed by atoms with Crippen LogP contribution in [0.1, 0.15) is 24.2 Å². The first kappa shape index (κ1) is 11.3. The fraction of sp³-hybridized carbons (Fsp3) is 0.222. The number of hydrogen-bond acceptors (Lipinski definition) is 3. The molecule has 0 spiro atoms. The molecule has 0 fully saturated rings. The van der Waals surface area contributed by atoms with Crippen molar-refractivity contribution in [2.75, 3.05) is 0 Å². The average Bonchev–Trinajstić information content (AvgIpc) is 2.21. The molecule has 70 valence electrons. The summed E-state index contributed by atoms with van der Waals surface area (Å²) in [5.41, 5.74) is 0.382. The van der Waals surface area contributed by atoms with Crippen LogP contribution in [0.5, 0.6) is 0 Å². The van der Waals surface area contributed by atoms with Crippen LogP contribution in [0.3, 0.4) is 0 Å². The molecule has 0 aliphatic carbocycles. The van der Waals surface area contributed by atoms with Crippen molar-refractivity contribution in [1.82, 2.24) is 0 Å². The van der Waals surface area contributed by atoms with Crippen LogP contribution in [0.25, 0.3) is 0 Å². The molecule has 1 rings (SSSR count). The SMILES string of the molecule is CC.O=Nc1ccc(C(=O)O)cc1. The summed E-state index contributed by atoms with van der Waals surface area (Å²) in [6, 6.07) is 5.38. The van der Waals surface area contributed by atoms with E-state index in [1.807, 2.05) is 13.8 Å². The fourth-order valence-electron chi connectivity index (χ4n) is 0.665. The molecule has 0 heterocycles. The summed E-state index contributed by atoms with van der Waals surface area (Å²) in [5.74, 6) is -1.01. The molecule has 13 heavy (non-hydrogen) atoms. The largest absolute Gasteiger partial charge is 0.478 e. The zero-order valence-electron chi connectivity index (χ0n) is 7.52. The van der Waals surface area contributed by atoms with Crippen molar-refractivity contribution < 1.29 is 9.90 Å². The lowest BCUT2D eigenvalue weighted by atomic mass is 10.2. The van der Waals surface area contributed by atoms with E-state index < -0.39 is 5.97 Å². The number of carboxylic acid groups (broad SMARTS) is 1. The number of carboxylic acids is 1. The smallest absolute Gasteiger partial charge is 0.335 e. The summed E-state index contributed by atoms with van der Waals surface area (Å²) < 4.78 is 0. The fourth-order valence-corrected chi connectivity index (χ4v) is 0.665. The molecule has 0 aliphatic rings. The summed E-state index contributed by atoms with van der Waals surface area (Å²) in [4.78, 5) is 20.2. The van der Waals surface area contributed by atoms with E-state index in [0.29, 0.717) is 0 Å². The lowest BCUT2D eigenvalue weighted by Gasteiger charge is -1.91. The van der Waals surface area contributed by atoms with E-state index in [1.165, 1.54) is 24.3 Å². The maximum absolute atomic E-state index is 10.3. The molecule has 1 N–H and O–H groups in total. The monoisotopic (exact) mass is 181 g/mol. The molecular weight excluding hydrogens is 170 g/mol. The molecule has 0 bridgehead atoms. The van der Waals surface area contributed by atoms with Gasteiger partial charge >= 0.3 is 5.97 Å². The van der Waals surface area contributed by atoms with Gasteiger partial charge in [-0.05, 0) is 29.4 Å². The molecule has 1 aromatic carbocycles. The van der Waals surface area contributed by atoms with E-state index >= 15 is 0 Å². The Morgan fingerprint density at radius 2 is 1.69 bits per heavy atom. The minimum atomic E-state index is -1.01. The zero-order chi connectivity index (χ0) is 10.3. The number of benzene rings is 1. The van der Waals surface area contributed by atoms with Crippen LogP contribution in [0.15, 0.2) is 29.4 Å². The molecule has 4 nitrogen and oxygen atoms in total. The minimum Gasteiger partial charge on any atom is -0.478 e. The maximum atomic E-state index is 10.3. The van der Waals surface area contributed by atoms with E-state index in [0.717, 1.165) is 0 Å². The normalized spacial score (nSPS) is 8.15. The zero-order valence-corrected chi connectivity index (χ0v) is 7.52. The number of nitrogens with zero attached hydrogens (tertiary/aromatic N) is 1. The van der Waals surface area contributed by atoms with Crippen molar-refractivity contribution in [1.29, 1.82) is 0 Å². The Morgan fingerprint density at radius 3 is 2.00 bits per heavy atom. The summed E-state index contributed by atoms with van der Waals surface area (Å²) in [5, 5.41) is 11.1. The van der Waals surface area contributed by atoms with E-state index in [2.05, 4.69) is 5.18 Å². The van der Waals surface area contributed by atoms with Gasteiger partial charge in [0.25, 0.3) is 0 Å². The van der Waals surface area contributed by atoms with Crippen LogP contribution in [-0.4, -0.2) is 11.1 Å². The Balaban J connectivity index is 0.000000671. The predicted molar refractivity (Wildman–Crippen MR) is 50.2 cm³/mol. The van der Waals surface area contributed by atoms with Crippen LogP contribution < -0.4 is 0 Å². The van der Waals surface area contributed by atoms with Gasteiger partial charge in [-0.3, -0.25) is 0 Å². The minimum absolute atomic E-state index is 0.150. The van der Waals surface area contributed by atoms with Crippen LogP contribution in [-0.2, 0) is 0 Å². The first-order valence-corrected chi connectivity index (χ1v) is 3.91. The Labute approximate surface area is 76.2 Å². The van der Waals surface area contributed by atoms with Gasteiger partial charge in [-0.2, -0.15) is 0 Å². The highest BCUT2D eigenvalue weighted by Gasteiger charge is 2.00. The van der Waals surface area contributed by atoms with E-state index in [4.69, 9.17) is 5.11 Å². The summed E-state index contributed by atoms with van der Waals surface area (Å²) in [6.07, 6.45) is 0. The summed E-state index contributed by atoms with van der Waals surface area (Å²) in [7, 11) is 0. The summed E-state index contributed by atoms with van der Waals surface area (Å²) in [6.45, 7) is 4.00. The highest BCUT2D eigenvalue weighted by atomic mass is 16.4. The second-order valence-electron chi connectivity index (χ2n) is 1.94. The second-order valence-corrected chi connectivity index (χ2v) is 1.94. The van der Waals surface area contributed by atoms with Crippen LogP contribution >= 0.6 is 0 Å². The van der Waals surface area contributed by atoms with Crippen molar-refractivity contribution in [3.05, 3.63) is 34.7 Å². The van der Waals surface area contributed by atoms with Crippen molar-refractivity contribution in [2.24, 2.45) is 5.18 Å². The third kappa shape index (κ3) is 3.46. The lowest BCUT2D eigenvalue weighted by molar-refractivity contribution is 0.0697. The molecule has 0 amide bonds. The van der Waals surface area contributed by atoms with Crippen molar-refractivity contribution >= 4 is 11.7 Å². The average molecular weight is 181 g/mol.